The molecule has 2 aromatic heterocycles. The fourth-order valence-corrected chi connectivity index (χ4v) is 2.06. The largest absolute Gasteiger partial charge is 0.248 e. The molecule has 2 rings (SSSR count). The van der Waals surface area contributed by atoms with E-state index in [1.165, 1.54) is 11.8 Å². The minimum absolute atomic E-state index is 0.247. The second-order valence-electron chi connectivity index (χ2n) is 2.58. The number of pyridine rings is 1. The first-order valence-corrected chi connectivity index (χ1v) is 6.01. The summed E-state index contributed by atoms with van der Waals surface area (Å²) < 4.78 is 0.951. The molecule has 0 aliphatic rings. The smallest absolute Gasteiger partial charge is 0.223 e. The molecule has 6 heteroatoms. The summed E-state index contributed by atoms with van der Waals surface area (Å²) in [4.78, 5) is 12.1. The minimum atomic E-state index is 0.247. The Morgan fingerprint density at radius 2 is 2.00 bits per heavy atom. The summed E-state index contributed by atoms with van der Waals surface area (Å²) in [7, 11) is 0. The van der Waals surface area contributed by atoms with Crippen LogP contribution in [0.2, 0.25) is 5.28 Å². The second kappa shape index (κ2) is 4.92. The van der Waals surface area contributed by atoms with Crippen molar-refractivity contribution in [2.45, 2.75) is 10.1 Å². The SMILES string of the molecule is Clc1nccc(Sc2ccc(Br)cn2)n1. The van der Waals surface area contributed by atoms with Crippen LogP contribution in [-0.2, 0) is 0 Å². The van der Waals surface area contributed by atoms with Crippen molar-refractivity contribution in [1.29, 1.82) is 0 Å². The van der Waals surface area contributed by atoms with E-state index in [-0.39, 0.29) is 5.28 Å². The highest BCUT2D eigenvalue weighted by Crippen LogP contribution is 2.25. The van der Waals surface area contributed by atoms with E-state index in [0.717, 1.165) is 14.5 Å². The Morgan fingerprint density at radius 1 is 1.13 bits per heavy atom. The molecule has 0 fully saturated rings. The maximum Gasteiger partial charge on any atom is 0.223 e. The molecule has 0 N–H and O–H groups in total. The third-order valence-electron chi connectivity index (χ3n) is 1.51. The Hall–Kier alpha value is -0.650. The molecule has 76 valence electrons. The normalized spacial score (nSPS) is 10.3. The van der Waals surface area contributed by atoms with Crippen LogP contribution in [0.25, 0.3) is 0 Å². The van der Waals surface area contributed by atoms with E-state index >= 15 is 0 Å². The van der Waals surface area contributed by atoms with Crippen molar-refractivity contribution in [3.8, 4) is 0 Å². The van der Waals surface area contributed by atoms with Crippen molar-refractivity contribution < 1.29 is 0 Å². The lowest BCUT2D eigenvalue weighted by Gasteiger charge is -1.99. The minimum Gasteiger partial charge on any atom is -0.248 e. The predicted octanol–water partition coefficient (Wildman–Crippen LogP) is 3.44. The van der Waals surface area contributed by atoms with E-state index in [2.05, 4.69) is 30.9 Å². The number of nitrogens with zero attached hydrogens (tertiary/aromatic N) is 3. The summed E-state index contributed by atoms with van der Waals surface area (Å²) in [5.41, 5.74) is 0. The zero-order valence-electron chi connectivity index (χ0n) is 7.39. The van der Waals surface area contributed by atoms with Crippen molar-refractivity contribution in [3.63, 3.8) is 0 Å². The molecule has 0 aliphatic heterocycles. The van der Waals surface area contributed by atoms with E-state index in [1.807, 2.05) is 12.1 Å². The van der Waals surface area contributed by atoms with Crippen LogP contribution in [0.5, 0.6) is 0 Å². The highest BCUT2D eigenvalue weighted by Gasteiger charge is 2.01. The van der Waals surface area contributed by atoms with Crippen LogP contribution in [0, 0.1) is 0 Å². The standard InChI is InChI=1S/C9H5BrClN3S/c10-6-1-2-7(13-5-6)15-8-3-4-12-9(11)14-8/h1-5H. The molecule has 2 aromatic rings. The van der Waals surface area contributed by atoms with Crippen LogP contribution in [0.4, 0.5) is 0 Å². The fraction of sp³-hybridized carbons (Fsp3) is 0. The van der Waals surface area contributed by atoms with Crippen molar-refractivity contribution in [2.75, 3.05) is 0 Å². The van der Waals surface area contributed by atoms with Gasteiger partial charge in [-0.15, -0.1) is 0 Å². The van der Waals surface area contributed by atoms with Gasteiger partial charge >= 0.3 is 0 Å². The van der Waals surface area contributed by atoms with Gasteiger partial charge in [0.2, 0.25) is 5.28 Å². The predicted molar refractivity (Wildman–Crippen MR) is 63.1 cm³/mol. The number of rotatable bonds is 2. The molecule has 0 aliphatic carbocycles. The molecule has 0 radical (unpaired) electrons. The summed E-state index contributed by atoms with van der Waals surface area (Å²) in [5.74, 6) is 0. The van der Waals surface area contributed by atoms with E-state index in [9.17, 15) is 0 Å². The Kier molecular flexibility index (Phi) is 3.56. The van der Waals surface area contributed by atoms with Crippen LogP contribution >= 0.6 is 39.3 Å². The second-order valence-corrected chi connectivity index (χ2v) is 4.88. The highest BCUT2D eigenvalue weighted by atomic mass is 79.9. The first kappa shape index (κ1) is 10.9. The van der Waals surface area contributed by atoms with E-state index in [4.69, 9.17) is 11.6 Å². The topological polar surface area (TPSA) is 38.7 Å². The van der Waals surface area contributed by atoms with Crippen LogP contribution in [0.1, 0.15) is 0 Å². The highest BCUT2D eigenvalue weighted by molar-refractivity contribution is 9.10. The third-order valence-corrected chi connectivity index (χ3v) is 3.05. The molecule has 0 bridgehead atoms. The van der Waals surface area contributed by atoms with Gasteiger partial charge in [-0.05, 0) is 57.5 Å². The molecule has 3 nitrogen and oxygen atoms in total. The quantitative estimate of drug-likeness (QED) is 0.629. The average molecular weight is 303 g/mol. The van der Waals surface area contributed by atoms with Crippen molar-refractivity contribution in [2.24, 2.45) is 0 Å². The molecule has 0 saturated carbocycles. The van der Waals surface area contributed by atoms with Crippen LogP contribution < -0.4 is 0 Å². The van der Waals surface area contributed by atoms with Gasteiger partial charge in [-0.2, -0.15) is 0 Å². The summed E-state index contributed by atoms with van der Waals surface area (Å²) in [6.07, 6.45) is 3.36. The van der Waals surface area contributed by atoms with Crippen molar-refractivity contribution >= 4 is 39.3 Å². The number of hydrogen-bond acceptors (Lipinski definition) is 4. The van der Waals surface area contributed by atoms with Crippen molar-refractivity contribution in [3.05, 3.63) is 40.3 Å². The Morgan fingerprint density at radius 3 is 2.67 bits per heavy atom. The molecule has 0 aromatic carbocycles. The summed E-state index contributed by atoms with van der Waals surface area (Å²) >= 11 is 10.4. The lowest BCUT2D eigenvalue weighted by molar-refractivity contribution is 1.04. The molecule has 2 heterocycles. The molecule has 0 saturated heterocycles. The molecule has 0 amide bonds. The summed E-state index contributed by atoms with van der Waals surface area (Å²) in [6, 6.07) is 5.63. The number of aromatic nitrogens is 3. The zero-order chi connectivity index (χ0) is 10.7. The van der Waals surface area contributed by atoms with Crippen molar-refractivity contribution in [1.82, 2.24) is 15.0 Å². The average Bonchev–Trinajstić information content (AvgIpc) is 2.22. The molecular formula is C9H5BrClN3S. The monoisotopic (exact) mass is 301 g/mol. The van der Waals surface area contributed by atoms with Gasteiger partial charge in [-0.25, -0.2) is 15.0 Å². The Bertz CT molecular complexity index is 463. The van der Waals surface area contributed by atoms with Gasteiger partial charge in [0.05, 0.1) is 0 Å². The summed E-state index contributed by atoms with van der Waals surface area (Å²) in [6.45, 7) is 0. The Labute approximate surface area is 104 Å². The van der Waals surface area contributed by atoms with Gasteiger partial charge < -0.3 is 0 Å². The molecule has 15 heavy (non-hydrogen) atoms. The molecular weight excluding hydrogens is 298 g/mol. The zero-order valence-corrected chi connectivity index (χ0v) is 10.6. The Balaban J connectivity index is 2.18. The molecule has 0 unspecified atom stereocenters. The van der Waals surface area contributed by atoms with E-state index < -0.39 is 0 Å². The van der Waals surface area contributed by atoms with Crippen LogP contribution in [-0.4, -0.2) is 15.0 Å². The maximum absolute atomic E-state index is 5.67. The molecule has 0 atom stereocenters. The third kappa shape index (κ3) is 3.15. The van der Waals surface area contributed by atoms with Gasteiger partial charge in [-0.3, -0.25) is 0 Å². The fourth-order valence-electron chi connectivity index (χ4n) is 0.906. The van der Waals surface area contributed by atoms with Gasteiger partial charge in [0.25, 0.3) is 0 Å². The number of halogens is 2. The summed E-state index contributed by atoms with van der Waals surface area (Å²) in [5, 5.41) is 1.90. The van der Waals surface area contributed by atoms with Crippen LogP contribution in [0.3, 0.4) is 0 Å². The van der Waals surface area contributed by atoms with Gasteiger partial charge in [0, 0.05) is 16.9 Å². The first-order valence-electron chi connectivity index (χ1n) is 4.02. The number of hydrogen-bond donors (Lipinski definition) is 0. The molecule has 0 spiro atoms. The van der Waals surface area contributed by atoms with Gasteiger partial charge in [0.1, 0.15) is 10.1 Å². The maximum atomic E-state index is 5.67. The van der Waals surface area contributed by atoms with E-state index in [1.54, 1.807) is 18.5 Å². The van der Waals surface area contributed by atoms with Crippen LogP contribution in [0.15, 0.2) is 45.1 Å². The van der Waals surface area contributed by atoms with Gasteiger partial charge in [0.15, 0.2) is 0 Å². The first-order chi connectivity index (χ1) is 7.24. The van der Waals surface area contributed by atoms with Gasteiger partial charge in [-0.1, -0.05) is 0 Å². The van der Waals surface area contributed by atoms with E-state index in [0.29, 0.717) is 0 Å². The lowest BCUT2D eigenvalue weighted by Crippen LogP contribution is -1.85. The lowest BCUT2D eigenvalue weighted by atomic mass is 10.5.